The molecule has 6 nitrogen and oxygen atoms in total. The largest absolute Gasteiger partial charge is 0.467 e. The summed E-state index contributed by atoms with van der Waals surface area (Å²) in [6, 6.07) is 0. The minimum Gasteiger partial charge on any atom is -0.467 e. The van der Waals surface area contributed by atoms with Crippen molar-refractivity contribution in [2.75, 3.05) is 26.6 Å². The molecule has 20 heavy (non-hydrogen) atoms. The predicted molar refractivity (Wildman–Crippen MR) is 73.8 cm³/mol. The molecule has 0 radical (unpaired) electrons. The topological polar surface area (TPSA) is 65.1 Å². The first kappa shape index (κ1) is 17.0. The van der Waals surface area contributed by atoms with Gasteiger partial charge < -0.3 is 14.2 Å². The molecule has 0 aromatic heterocycles. The Labute approximate surface area is 124 Å². The van der Waals surface area contributed by atoms with Crippen molar-refractivity contribution in [3.8, 4) is 0 Å². The Morgan fingerprint density at radius 2 is 1.95 bits per heavy atom. The third-order valence-corrected chi connectivity index (χ3v) is 3.64. The molecule has 0 aliphatic carbocycles. The Morgan fingerprint density at radius 1 is 1.35 bits per heavy atom. The van der Waals surface area contributed by atoms with Gasteiger partial charge in [-0.15, -0.1) is 11.6 Å². The monoisotopic (exact) mass is 307 g/mol. The first-order valence-corrected chi connectivity index (χ1v) is 6.91. The molecule has 1 unspecified atom stereocenters. The molecule has 0 spiro atoms. The van der Waals surface area contributed by atoms with Gasteiger partial charge in [0.25, 0.3) is 0 Å². The van der Waals surface area contributed by atoms with Crippen molar-refractivity contribution in [1.29, 1.82) is 0 Å². The number of carbonyl (C=O) groups excluding carboxylic acids is 2. The number of carbonyl (C=O) groups is 2. The molecule has 0 bridgehead atoms. The smallest absolute Gasteiger partial charge is 0.411 e. The molecular formula is C13H22ClNO5. The number of methoxy groups -OCH3 is 2. The molecule has 1 fully saturated rings. The number of hydrogen-bond acceptors (Lipinski definition) is 5. The number of nitrogens with zero attached hydrogens (tertiary/aromatic N) is 1. The van der Waals surface area contributed by atoms with Crippen molar-refractivity contribution in [2.45, 2.75) is 44.4 Å². The maximum absolute atomic E-state index is 12.3. The lowest BCUT2D eigenvalue weighted by atomic mass is 9.98. The van der Waals surface area contributed by atoms with E-state index in [1.165, 1.54) is 19.1 Å². The zero-order chi connectivity index (χ0) is 15.6. The molecule has 0 saturated carbocycles. The van der Waals surface area contributed by atoms with Gasteiger partial charge in [0.15, 0.2) is 5.54 Å². The second-order valence-corrected chi connectivity index (χ2v) is 6.08. The summed E-state index contributed by atoms with van der Waals surface area (Å²) >= 11 is 5.96. The highest BCUT2D eigenvalue weighted by Gasteiger charge is 2.55. The van der Waals surface area contributed by atoms with Crippen molar-refractivity contribution >= 4 is 23.7 Å². The van der Waals surface area contributed by atoms with Crippen LogP contribution in [0.5, 0.6) is 0 Å². The maximum atomic E-state index is 12.3. The highest BCUT2D eigenvalue weighted by Crippen LogP contribution is 2.34. The summed E-state index contributed by atoms with van der Waals surface area (Å²) in [6.07, 6.45) is -0.581. The minimum absolute atomic E-state index is 0.0707. The molecule has 1 saturated heterocycles. The predicted octanol–water partition coefficient (Wildman–Crippen LogP) is 1.79. The van der Waals surface area contributed by atoms with Gasteiger partial charge in [-0.2, -0.15) is 0 Å². The van der Waals surface area contributed by atoms with Gasteiger partial charge in [-0.25, -0.2) is 9.59 Å². The molecule has 0 aromatic carbocycles. The molecule has 0 N–H and O–H groups in total. The van der Waals surface area contributed by atoms with E-state index in [-0.39, 0.29) is 18.5 Å². The van der Waals surface area contributed by atoms with Crippen LogP contribution in [0.25, 0.3) is 0 Å². The van der Waals surface area contributed by atoms with E-state index in [1.807, 2.05) is 0 Å². The van der Waals surface area contributed by atoms with Crippen LogP contribution < -0.4 is 0 Å². The number of halogens is 1. The van der Waals surface area contributed by atoms with Gasteiger partial charge in [0.2, 0.25) is 0 Å². The average molecular weight is 308 g/mol. The Bertz CT molecular complexity index is 381. The van der Waals surface area contributed by atoms with Gasteiger partial charge >= 0.3 is 12.1 Å². The van der Waals surface area contributed by atoms with Gasteiger partial charge in [0, 0.05) is 13.5 Å². The van der Waals surface area contributed by atoms with E-state index in [1.54, 1.807) is 20.8 Å². The quantitative estimate of drug-likeness (QED) is 0.587. The number of ether oxygens (including phenoxy) is 3. The van der Waals surface area contributed by atoms with E-state index in [0.717, 1.165) is 0 Å². The van der Waals surface area contributed by atoms with Crippen LogP contribution in [0, 0.1) is 0 Å². The Morgan fingerprint density at radius 3 is 2.35 bits per heavy atom. The molecule has 7 heteroatoms. The fraction of sp³-hybridized carbons (Fsp3) is 0.846. The van der Waals surface area contributed by atoms with Gasteiger partial charge in [-0.3, -0.25) is 4.90 Å². The number of alkyl halides is 1. The normalized spacial score (nSPS) is 26.5. The van der Waals surface area contributed by atoms with E-state index >= 15 is 0 Å². The van der Waals surface area contributed by atoms with Crippen LogP contribution in [-0.2, 0) is 19.0 Å². The van der Waals surface area contributed by atoms with Crippen molar-refractivity contribution in [2.24, 2.45) is 0 Å². The highest BCUT2D eigenvalue weighted by molar-refractivity contribution is 6.20. The molecule has 1 aliphatic heterocycles. The summed E-state index contributed by atoms with van der Waals surface area (Å²) in [4.78, 5) is 25.7. The lowest BCUT2D eigenvalue weighted by Gasteiger charge is -2.34. The number of likely N-dealkylation sites (tertiary alicyclic amines) is 1. The van der Waals surface area contributed by atoms with Gasteiger partial charge in [-0.1, -0.05) is 0 Å². The number of amides is 1. The van der Waals surface area contributed by atoms with E-state index < -0.39 is 23.2 Å². The van der Waals surface area contributed by atoms with Crippen LogP contribution in [0.3, 0.4) is 0 Å². The Hall–Kier alpha value is -1.01. The third kappa shape index (κ3) is 3.35. The van der Waals surface area contributed by atoms with Gasteiger partial charge in [-0.05, 0) is 20.8 Å². The van der Waals surface area contributed by atoms with Crippen LogP contribution in [0.4, 0.5) is 4.79 Å². The van der Waals surface area contributed by atoms with E-state index in [4.69, 9.17) is 25.8 Å². The third-order valence-electron chi connectivity index (χ3n) is 3.20. The van der Waals surface area contributed by atoms with E-state index in [2.05, 4.69) is 0 Å². The molecule has 1 aliphatic rings. The summed E-state index contributed by atoms with van der Waals surface area (Å²) < 4.78 is 15.4. The SMILES string of the molecule is COC(=O)C1(CCl)C[C@H](OC)CN1C(=O)OC(C)(C)C. The Kier molecular flexibility index (Phi) is 5.27. The van der Waals surface area contributed by atoms with Crippen LogP contribution >= 0.6 is 11.6 Å². The minimum atomic E-state index is -1.24. The fourth-order valence-corrected chi connectivity index (χ4v) is 2.58. The first-order chi connectivity index (χ1) is 9.20. The maximum Gasteiger partial charge on any atom is 0.411 e. The fourth-order valence-electron chi connectivity index (χ4n) is 2.22. The van der Waals surface area contributed by atoms with Crippen LogP contribution in [0.1, 0.15) is 27.2 Å². The zero-order valence-electron chi connectivity index (χ0n) is 12.6. The highest BCUT2D eigenvalue weighted by atomic mass is 35.5. The van der Waals surface area contributed by atoms with Crippen molar-refractivity contribution in [3.63, 3.8) is 0 Å². The number of rotatable bonds is 3. The first-order valence-electron chi connectivity index (χ1n) is 6.38. The van der Waals surface area contributed by atoms with Crippen molar-refractivity contribution in [3.05, 3.63) is 0 Å². The summed E-state index contributed by atoms with van der Waals surface area (Å²) in [5.74, 6) is -0.628. The van der Waals surface area contributed by atoms with Crippen molar-refractivity contribution in [1.82, 2.24) is 4.90 Å². The second-order valence-electron chi connectivity index (χ2n) is 5.81. The Balaban J connectivity index is 3.05. The molecule has 1 heterocycles. The summed E-state index contributed by atoms with van der Waals surface area (Å²) in [5.41, 5.74) is -1.89. The molecular weight excluding hydrogens is 286 g/mol. The number of hydrogen-bond donors (Lipinski definition) is 0. The van der Waals surface area contributed by atoms with Crippen LogP contribution in [0.15, 0.2) is 0 Å². The second kappa shape index (κ2) is 6.18. The van der Waals surface area contributed by atoms with E-state index in [9.17, 15) is 9.59 Å². The zero-order valence-corrected chi connectivity index (χ0v) is 13.3. The van der Waals surface area contributed by atoms with Crippen LogP contribution in [-0.4, -0.2) is 60.9 Å². The lowest BCUT2D eigenvalue weighted by Crippen LogP contribution is -2.56. The standard InChI is InChI=1S/C13H22ClNO5/c1-12(2,3)20-11(17)15-7-9(18-4)6-13(15,8-14)10(16)19-5/h9H,6-8H2,1-5H3/t9-,13?/m0/s1. The van der Waals surface area contributed by atoms with E-state index in [0.29, 0.717) is 6.42 Å². The molecule has 1 amide bonds. The number of esters is 1. The summed E-state index contributed by atoms with van der Waals surface area (Å²) in [7, 11) is 2.80. The summed E-state index contributed by atoms with van der Waals surface area (Å²) in [6.45, 7) is 5.52. The lowest BCUT2D eigenvalue weighted by molar-refractivity contribution is -0.151. The van der Waals surface area contributed by atoms with Gasteiger partial charge in [0.05, 0.1) is 25.6 Å². The van der Waals surface area contributed by atoms with Crippen molar-refractivity contribution < 1.29 is 23.8 Å². The molecule has 116 valence electrons. The molecule has 0 aromatic rings. The summed E-state index contributed by atoms with van der Waals surface area (Å²) in [5, 5.41) is 0. The average Bonchev–Trinajstić information content (AvgIpc) is 2.76. The molecule has 1 rings (SSSR count). The van der Waals surface area contributed by atoms with Crippen LogP contribution in [0.2, 0.25) is 0 Å². The van der Waals surface area contributed by atoms with Gasteiger partial charge in [0.1, 0.15) is 5.60 Å². The molecule has 2 atom stereocenters.